The number of nitrogens with two attached hydrogens (primary N) is 1. The Bertz CT molecular complexity index is 737. The van der Waals surface area contributed by atoms with Gasteiger partial charge in [-0.15, -0.1) is 12.4 Å². The van der Waals surface area contributed by atoms with Gasteiger partial charge in [0, 0.05) is 12.6 Å². The van der Waals surface area contributed by atoms with Gasteiger partial charge in [0.2, 0.25) is 20.0 Å². The van der Waals surface area contributed by atoms with Crippen molar-refractivity contribution in [2.45, 2.75) is 28.9 Å². The van der Waals surface area contributed by atoms with E-state index in [2.05, 4.69) is 4.72 Å². The van der Waals surface area contributed by atoms with Gasteiger partial charge in [0.15, 0.2) is 0 Å². The molecule has 0 saturated carbocycles. The molecule has 0 aromatic heterocycles. The molecule has 0 aliphatic rings. The van der Waals surface area contributed by atoms with Crippen molar-refractivity contribution in [1.82, 2.24) is 9.44 Å². The molecular formula is C11H17ClF3N3O4S2. The first kappa shape index (κ1) is 23.1. The molecule has 0 aliphatic carbocycles. The predicted octanol–water partition coefficient (Wildman–Crippen LogP) is 0.575. The molecule has 4 N–H and O–H groups in total. The average Bonchev–Trinajstić information content (AvgIpc) is 2.44. The van der Waals surface area contributed by atoms with Crippen molar-refractivity contribution in [2.75, 3.05) is 13.1 Å². The molecule has 1 rings (SSSR count). The van der Waals surface area contributed by atoms with E-state index in [9.17, 15) is 30.0 Å². The summed E-state index contributed by atoms with van der Waals surface area (Å²) in [4.78, 5) is -0.708. The third kappa shape index (κ3) is 6.91. The minimum atomic E-state index is -4.70. The van der Waals surface area contributed by atoms with Gasteiger partial charge in [-0.3, -0.25) is 0 Å². The number of halogens is 4. The molecule has 0 heterocycles. The Morgan fingerprint density at radius 1 is 1.04 bits per heavy atom. The quantitative estimate of drug-likeness (QED) is 0.606. The Hall–Kier alpha value is -0.920. The zero-order valence-electron chi connectivity index (χ0n) is 12.4. The van der Waals surface area contributed by atoms with E-state index in [0.29, 0.717) is 0 Å². The second-order valence-electron chi connectivity index (χ2n) is 4.67. The first-order chi connectivity index (χ1) is 10.4. The molecular weight excluding hydrogens is 395 g/mol. The Morgan fingerprint density at radius 3 is 1.83 bits per heavy atom. The van der Waals surface area contributed by atoms with Gasteiger partial charge in [0.25, 0.3) is 0 Å². The van der Waals surface area contributed by atoms with Crippen LogP contribution in [0, 0.1) is 0 Å². The number of benzene rings is 1. The van der Waals surface area contributed by atoms with Gasteiger partial charge < -0.3 is 5.73 Å². The number of nitrogens with one attached hydrogen (secondary N) is 2. The number of hydrogen-bond donors (Lipinski definition) is 3. The van der Waals surface area contributed by atoms with Gasteiger partial charge >= 0.3 is 6.18 Å². The van der Waals surface area contributed by atoms with E-state index in [1.165, 1.54) is 11.6 Å². The van der Waals surface area contributed by atoms with E-state index in [1.807, 2.05) is 0 Å². The summed E-state index contributed by atoms with van der Waals surface area (Å²) in [7, 11) is -8.28. The van der Waals surface area contributed by atoms with Crippen LogP contribution >= 0.6 is 12.4 Å². The number of rotatable bonds is 7. The van der Waals surface area contributed by atoms with Gasteiger partial charge in [0.1, 0.15) is 6.54 Å². The normalized spacial score (nSPS) is 14.0. The second-order valence-corrected chi connectivity index (χ2v) is 8.15. The predicted molar refractivity (Wildman–Crippen MR) is 83.8 cm³/mol. The molecule has 1 aromatic carbocycles. The molecule has 1 atom stereocenters. The fourth-order valence-corrected chi connectivity index (χ4v) is 3.71. The van der Waals surface area contributed by atoms with E-state index < -0.39 is 43.7 Å². The largest absolute Gasteiger partial charge is 0.402 e. The van der Waals surface area contributed by atoms with Gasteiger partial charge in [-0.1, -0.05) is 0 Å². The van der Waals surface area contributed by atoms with E-state index >= 15 is 0 Å². The smallest absolute Gasteiger partial charge is 0.329 e. The molecule has 0 bridgehead atoms. The highest BCUT2D eigenvalue weighted by molar-refractivity contribution is 7.90. The summed E-state index contributed by atoms with van der Waals surface area (Å²) in [5.41, 5.74) is 5.30. The molecule has 1 aromatic rings. The van der Waals surface area contributed by atoms with Gasteiger partial charge in [-0.05, 0) is 31.2 Å². The van der Waals surface area contributed by atoms with Crippen molar-refractivity contribution in [3.8, 4) is 0 Å². The van der Waals surface area contributed by atoms with E-state index in [4.69, 9.17) is 5.73 Å². The number of sulfonamides is 2. The van der Waals surface area contributed by atoms with Crippen molar-refractivity contribution < 1.29 is 30.0 Å². The molecule has 0 saturated heterocycles. The molecule has 0 aliphatic heterocycles. The summed E-state index contributed by atoms with van der Waals surface area (Å²) >= 11 is 0. The lowest BCUT2D eigenvalue weighted by Gasteiger charge is -2.13. The summed E-state index contributed by atoms with van der Waals surface area (Å²) in [5.74, 6) is 0. The lowest BCUT2D eigenvalue weighted by molar-refractivity contribution is -0.121. The molecule has 0 fully saturated rings. The van der Waals surface area contributed by atoms with Crippen LogP contribution in [0.4, 0.5) is 13.2 Å². The fourth-order valence-electron chi connectivity index (χ4n) is 1.44. The summed E-state index contributed by atoms with van der Waals surface area (Å²) in [6.45, 7) is -0.116. The van der Waals surface area contributed by atoms with Crippen LogP contribution in [0.5, 0.6) is 0 Å². The van der Waals surface area contributed by atoms with Crippen LogP contribution in [0.15, 0.2) is 34.1 Å². The fraction of sp³-hybridized carbons (Fsp3) is 0.455. The van der Waals surface area contributed by atoms with E-state index in [0.717, 1.165) is 24.3 Å². The van der Waals surface area contributed by atoms with Crippen LogP contribution in [0.25, 0.3) is 0 Å². The van der Waals surface area contributed by atoms with Crippen LogP contribution in [0.3, 0.4) is 0 Å². The standard InChI is InChI=1S/C11H16F3N3O4S2.ClH/c1-8(6-15)17-23(20,21)10-4-2-9(3-5-10)22(18,19)16-7-11(12,13)14;/h2-5,8,16-17H,6-7,15H2,1H3;1H/t8-;/m0./s1. The van der Waals surface area contributed by atoms with Crippen molar-refractivity contribution in [2.24, 2.45) is 5.73 Å². The zero-order valence-corrected chi connectivity index (χ0v) is 14.8. The van der Waals surface area contributed by atoms with Gasteiger partial charge in [0.05, 0.1) is 9.79 Å². The van der Waals surface area contributed by atoms with E-state index in [1.54, 1.807) is 0 Å². The Kier molecular flexibility index (Phi) is 8.12. The highest BCUT2D eigenvalue weighted by Crippen LogP contribution is 2.17. The first-order valence-electron chi connectivity index (χ1n) is 6.26. The monoisotopic (exact) mass is 411 g/mol. The van der Waals surface area contributed by atoms with Crippen molar-refractivity contribution in [3.05, 3.63) is 24.3 Å². The Labute approximate surface area is 144 Å². The van der Waals surface area contributed by atoms with Crippen LogP contribution in [0.2, 0.25) is 0 Å². The van der Waals surface area contributed by atoms with Crippen LogP contribution in [-0.4, -0.2) is 42.1 Å². The number of alkyl halides is 3. The minimum Gasteiger partial charge on any atom is -0.329 e. The maximum atomic E-state index is 12.1. The molecule has 13 heteroatoms. The highest BCUT2D eigenvalue weighted by Gasteiger charge is 2.30. The van der Waals surface area contributed by atoms with Crippen molar-refractivity contribution >= 4 is 32.5 Å². The SMILES string of the molecule is C[C@@H](CN)NS(=O)(=O)c1ccc(S(=O)(=O)NCC(F)(F)F)cc1.Cl. The molecule has 0 spiro atoms. The van der Waals surface area contributed by atoms with Crippen LogP contribution < -0.4 is 15.2 Å². The van der Waals surface area contributed by atoms with Gasteiger partial charge in [-0.25, -0.2) is 26.3 Å². The zero-order chi connectivity index (χ0) is 17.9. The lowest BCUT2D eigenvalue weighted by Crippen LogP contribution is -2.37. The first-order valence-corrected chi connectivity index (χ1v) is 9.23. The van der Waals surface area contributed by atoms with Crippen LogP contribution in [-0.2, 0) is 20.0 Å². The summed E-state index contributed by atoms with van der Waals surface area (Å²) < 4.78 is 87.0. The second kappa shape index (κ2) is 8.45. The molecule has 7 nitrogen and oxygen atoms in total. The topological polar surface area (TPSA) is 118 Å². The molecule has 24 heavy (non-hydrogen) atoms. The lowest BCUT2D eigenvalue weighted by atomic mass is 10.4. The van der Waals surface area contributed by atoms with Gasteiger partial charge in [-0.2, -0.15) is 13.2 Å². The van der Waals surface area contributed by atoms with Crippen LogP contribution in [0.1, 0.15) is 6.92 Å². The average molecular weight is 412 g/mol. The maximum absolute atomic E-state index is 12.1. The summed E-state index contributed by atoms with van der Waals surface area (Å²) in [6, 6.07) is 3.24. The van der Waals surface area contributed by atoms with E-state index in [-0.39, 0.29) is 23.8 Å². The molecule has 0 radical (unpaired) electrons. The molecule has 0 amide bonds. The third-order valence-corrected chi connectivity index (χ3v) is 5.64. The molecule has 0 unspecified atom stereocenters. The number of hydrogen-bond acceptors (Lipinski definition) is 5. The summed E-state index contributed by atoms with van der Waals surface area (Å²) in [5, 5.41) is 0. The Balaban J connectivity index is 0.00000529. The van der Waals surface area contributed by atoms with Crippen molar-refractivity contribution in [3.63, 3.8) is 0 Å². The Morgan fingerprint density at radius 2 is 1.46 bits per heavy atom. The maximum Gasteiger partial charge on any atom is 0.402 e. The third-order valence-electron chi connectivity index (χ3n) is 2.62. The van der Waals surface area contributed by atoms with Crippen molar-refractivity contribution in [1.29, 1.82) is 0 Å². The minimum absolute atomic E-state index is 0. The summed E-state index contributed by atoms with van der Waals surface area (Å²) in [6.07, 6.45) is -4.70. The highest BCUT2D eigenvalue weighted by atomic mass is 35.5. The molecule has 140 valence electrons.